The molecule has 2 saturated carbocycles. The first-order valence-electron chi connectivity index (χ1n) is 7.31. The van der Waals surface area contributed by atoms with Crippen molar-refractivity contribution in [3.8, 4) is 0 Å². The number of rotatable bonds is 4. The van der Waals surface area contributed by atoms with Gasteiger partial charge >= 0.3 is 0 Å². The van der Waals surface area contributed by atoms with E-state index in [1.54, 1.807) is 12.1 Å². The molecule has 0 amide bonds. The third-order valence-electron chi connectivity index (χ3n) is 5.10. The van der Waals surface area contributed by atoms with Crippen molar-refractivity contribution in [2.45, 2.75) is 45.2 Å². The first-order chi connectivity index (χ1) is 9.15. The highest BCUT2D eigenvalue weighted by Gasteiger charge is 2.41. The van der Waals surface area contributed by atoms with Gasteiger partial charge in [-0.25, -0.2) is 4.39 Å². The third-order valence-corrected chi connectivity index (χ3v) is 5.45. The Hall–Kier alpha value is -0.600. The van der Waals surface area contributed by atoms with Crippen LogP contribution >= 0.6 is 11.6 Å². The van der Waals surface area contributed by atoms with E-state index in [1.165, 1.54) is 31.7 Å². The molecule has 2 fully saturated rings. The average molecular weight is 282 g/mol. The van der Waals surface area contributed by atoms with Gasteiger partial charge in [-0.2, -0.15) is 0 Å². The number of hydrogen-bond acceptors (Lipinski definition) is 1. The van der Waals surface area contributed by atoms with Gasteiger partial charge in [0.05, 0.1) is 0 Å². The zero-order valence-electron chi connectivity index (χ0n) is 11.3. The van der Waals surface area contributed by atoms with E-state index >= 15 is 0 Å². The van der Waals surface area contributed by atoms with E-state index in [1.807, 2.05) is 0 Å². The fraction of sp³-hybridized carbons (Fsp3) is 0.625. The number of halogens is 2. The Kier molecular flexibility index (Phi) is 3.81. The van der Waals surface area contributed by atoms with Crippen molar-refractivity contribution >= 4 is 11.6 Å². The smallest absolute Gasteiger partial charge is 0.129 e. The summed E-state index contributed by atoms with van der Waals surface area (Å²) in [6.45, 7) is 2.76. The third kappa shape index (κ3) is 2.66. The lowest BCUT2D eigenvalue weighted by molar-refractivity contribution is 0.259. The highest BCUT2D eigenvalue weighted by Crippen LogP contribution is 2.49. The molecule has 0 aromatic heterocycles. The molecule has 2 bridgehead atoms. The van der Waals surface area contributed by atoms with Crippen LogP contribution in [0, 0.1) is 23.6 Å². The van der Waals surface area contributed by atoms with Crippen LogP contribution < -0.4 is 5.32 Å². The van der Waals surface area contributed by atoms with Gasteiger partial charge in [-0.05, 0) is 56.1 Å². The van der Waals surface area contributed by atoms with Crippen molar-refractivity contribution < 1.29 is 4.39 Å². The van der Waals surface area contributed by atoms with Crippen molar-refractivity contribution in [2.24, 2.45) is 17.8 Å². The van der Waals surface area contributed by atoms with Crippen LogP contribution in [-0.2, 0) is 6.54 Å². The van der Waals surface area contributed by atoms with Gasteiger partial charge in [0.1, 0.15) is 5.82 Å². The first-order valence-corrected chi connectivity index (χ1v) is 7.69. The van der Waals surface area contributed by atoms with Crippen LogP contribution in [0.3, 0.4) is 0 Å². The van der Waals surface area contributed by atoms with E-state index in [4.69, 9.17) is 11.6 Å². The predicted molar refractivity (Wildman–Crippen MR) is 76.6 cm³/mol. The zero-order valence-corrected chi connectivity index (χ0v) is 12.1. The number of benzene rings is 1. The summed E-state index contributed by atoms with van der Waals surface area (Å²) in [4.78, 5) is 0. The highest BCUT2D eigenvalue weighted by atomic mass is 35.5. The van der Waals surface area contributed by atoms with Gasteiger partial charge in [-0.1, -0.05) is 24.1 Å². The Morgan fingerprint density at radius 2 is 2.21 bits per heavy atom. The summed E-state index contributed by atoms with van der Waals surface area (Å²) in [6, 6.07) is 5.33. The maximum Gasteiger partial charge on any atom is 0.129 e. The van der Waals surface area contributed by atoms with Crippen molar-refractivity contribution in [3.63, 3.8) is 0 Å². The lowest BCUT2D eigenvalue weighted by atomic mass is 9.84. The molecular weight excluding hydrogens is 261 g/mol. The van der Waals surface area contributed by atoms with Gasteiger partial charge in [-0.15, -0.1) is 0 Å². The molecule has 0 aliphatic heterocycles. The lowest BCUT2D eigenvalue weighted by Gasteiger charge is -2.28. The predicted octanol–water partition coefficient (Wildman–Crippen LogP) is 4.39. The normalized spacial score (nSPS) is 30.8. The second kappa shape index (κ2) is 5.41. The largest absolute Gasteiger partial charge is 0.310 e. The Morgan fingerprint density at radius 1 is 1.37 bits per heavy atom. The Bertz CT molecular complexity index is 442. The maximum atomic E-state index is 13.7. The lowest BCUT2D eigenvalue weighted by Crippen LogP contribution is -2.36. The minimum atomic E-state index is -0.208. The van der Waals surface area contributed by atoms with Gasteiger partial charge in [0.25, 0.3) is 0 Å². The van der Waals surface area contributed by atoms with Gasteiger partial charge in [0.2, 0.25) is 0 Å². The molecule has 1 N–H and O–H groups in total. The molecule has 0 saturated heterocycles. The summed E-state index contributed by atoms with van der Waals surface area (Å²) in [5.41, 5.74) is 0.596. The molecular formula is C16H21ClFN. The Balaban J connectivity index is 1.60. The topological polar surface area (TPSA) is 12.0 Å². The van der Waals surface area contributed by atoms with Gasteiger partial charge in [0, 0.05) is 23.2 Å². The summed E-state index contributed by atoms with van der Waals surface area (Å²) in [5.74, 6) is 2.41. The summed E-state index contributed by atoms with van der Waals surface area (Å²) in [6.07, 6.45) is 5.58. The van der Waals surface area contributed by atoms with E-state index < -0.39 is 0 Å². The zero-order chi connectivity index (χ0) is 13.4. The van der Waals surface area contributed by atoms with E-state index in [0.29, 0.717) is 23.2 Å². The standard InChI is InChI=1S/C16H21ClFN/c1-10(13-8-11-5-6-12(13)7-11)19-9-14-15(17)3-2-4-16(14)18/h2-4,10-13,19H,5-9H2,1H3. The fourth-order valence-electron chi connectivity index (χ4n) is 4.02. The molecule has 104 valence electrons. The quantitative estimate of drug-likeness (QED) is 0.863. The molecule has 0 spiro atoms. The molecule has 1 aromatic carbocycles. The second-order valence-corrected chi connectivity index (χ2v) is 6.62. The van der Waals surface area contributed by atoms with Crippen LogP contribution in [0.2, 0.25) is 5.02 Å². The van der Waals surface area contributed by atoms with Crippen molar-refractivity contribution in [1.29, 1.82) is 0 Å². The molecule has 3 heteroatoms. The molecule has 1 nitrogen and oxygen atoms in total. The number of hydrogen-bond donors (Lipinski definition) is 1. The van der Waals surface area contributed by atoms with E-state index in [-0.39, 0.29) is 5.82 Å². The molecule has 19 heavy (non-hydrogen) atoms. The van der Waals surface area contributed by atoms with E-state index in [9.17, 15) is 4.39 Å². The molecule has 2 aliphatic rings. The second-order valence-electron chi connectivity index (χ2n) is 6.21. The van der Waals surface area contributed by atoms with Crippen LogP contribution in [0.4, 0.5) is 4.39 Å². The fourth-order valence-corrected chi connectivity index (χ4v) is 4.25. The van der Waals surface area contributed by atoms with Gasteiger partial charge in [-0.3, -0.25) is 0 Å². The molecule has 4 unspecified atom stereocenters. The van der Waals surface area contributed by atoms with Gasteiger partial charge in [0.15, 0.2) is 0 Å². The maximum absolute atomic E-state index is 13.7. The molecule has 0 radical (unpaired) electrons. The van der Waals surface area contributed by atoms with E-state index in [2.05, 4.69) is 12.2 Å². The molecule has 4 atom stereocenters. The van der Waals surface area contributed by atoms with Crippen molar-refractivity contribution in [1.82, 2.24) is 5.32 Å². The number of nitrogens with one attached hydrogen (secondary N) is 1. The van der Waals surface area contributed by atoms with Crippen molar-refractivity contribution in [3.05, 3.63) is 34.6 Å². The Labute approximate surface area is 119 Å². The van der Waals surface area contributed by atoms with Crippen LogP contribution in [0.5, 0.6) is 0 Å². The van der Waals surface area contributed by atoms with Crippen LogP contribution in [0.1, 0.15) is 38.2 Å². The van der Waals surface area contributed by atoms with Crippen LogP contribution in [0.15, 0.2) is 18.2 Å². The summed E-state index contributed by atoms with van der Waals surface area (Å²) in [5, 5.41) is 4.00. The Morgan fingerprint density at radius 3 is 2.84 bits per heavy atom. The minimum absolute atomic E-state index is 0.208. The van der Waals surface area contributed by atoms with Crippen LogP contribution in [-0.4, -0.2) is 6.04 Å². The summed E-state index contributed by atoms with van der Waals surface area (Å²) < 4.78 is 13.7. The van der Waals surface area contributed by atoms with Gasteiger partial charge < -0.3 is 5.32 Å². The van der Waals surface area contributed by atoms with Crippen LogP contribution in [0.25, 0.3) is 0 Å². The van der Waals surface area contributed by atoms with Crippen molar-refractivity contribution in [2.75, 3.05) is 0 Å². The average Bonchev–Trinajstić information content (AvgIpc) is 3.00. The minimum Gasteiger partial charge on any atom is -0.310 e. The van der Waals surface area contributed by atoms with E-state index in [0.717, 1.165) is 17.8 Å². The molecule has 2 aliphatic carbocycles. The molecule has 0 heterocycles. The summed E-state index contributed by atoms with van der Waals surface area (Å²) >= 11 is 6.06. The summed E-state index contributed by atoms with van der Waals surface area (Å²) in [7, 11) is 0. The number of fused-ring (bicyclic) bond motifs is 2. The molecule has 1 aromatic rings. The first kappa shape index (κ1) is 13.4. The highest BCUT2D eigenvalue weighted by molar-refractivity contribution is 6.31. The molecule has 3 rings (SSSR count). The SMILES string of the molecule is CC(NCc1c(F)cccc1Cl)C1CC2CCC1C2. The monoisotopic (exact) mass is 281 g/mol.